The highest BCUT2D eigenvalue weighted by Gasteiger charge is 2.26. The Kier molecular flexibility index (Phi) is 5.37. The highest BCUT2D eigenvalue weighted by atomic mass is 35.5. The number of fused-ring (bicyclic) bond motifs is 1. The zero-order chi connectivity index (χ0) is 20.5. The number of benzene rings is 2. The van der Waals surface area contributed by atoms with Crippen LogP contribution in [0.5, 0.6) is 0 Å². The Hall–Kier alpha value is -2.73. The fraction of sp³-hybridized carbons (Fsp3) is 0.318. The molecule has 1 N–H and O–H groups in total. The van der Waals surface area contributed by atoms with Gasteiger partial charge in [-0.25, -0.2) is 14.4 Å². The summed E-state index contributed by atoms with van der Waals surface area (Å²) < 4.78 is 14.6. The average Bonchev–Trinajstić information content (AvgIpc) is 2.70. The first-order valence-electron chi connectivity index (χ1n) is 9.60. The largest absolute Gasteiger partial charge is 0.481 e. The summed E-state index contributed by atoms with van der Waals surface area (Å²) in [4.78, 5) is 21.9. The second kappa shape index (κ2) is 7.95. The molecule has 29 heavy (non-hydrogen) atoms. The molecule has 0 bridgehead atoms. The monoisotopic (exact) mass is 413 g/mol. The van der Waals surface area contributed by atoms with Gasteiger partial charge in [-0.2, -0.15) is 0 Å². The number of nitrogens with zero attached hydrogens (tertiary/aromatic N) is 3. The third kappa shape index (κ3) is 3.90. The van der Waals surface area contributed by atoms with E-state index in [1.54, 1.807) is 6.07 Å². The van der Waals surface area contributed by atoms with Gasteiger partial charge in [0.15, 0.2) is 0 Å². The van der Waals surface area contributed by atoms with E-state index in [0.29, 0.717) is 22.8 Å². The number of carboxylic acids is 1. The van der Waals surface area contributed by atoms with Crippen LogP contribution in [0.15, 0.2) is 36.7 Å². The van der Waals surface area contributed by atoms with Gasteiger partial charge in [0.2, 0.25) is 0 Å². The molecule has 1 atom stereocenters. The molecule has 0 saturated carbocycles. The van der Waals surface area contributed by atoms with Crippen molar-refractivity contribution in [3.05, 3.63) is 53.1 Å². The molecule has 4 rings (SSSR count). The van der Waals surface area contributed by atoms with Crippen molar-refractivity contribution in [1.29, 1.82) is 0 Å². The van der Waals surface area contributed by atoms with E-state index >= 15 is 0 Å². The number of piperidine rings is 1. The Morgan fingerprint density at radius 1 is 1.31 bits per heavy atom. The second-order valence-electron chi connectivity index (χ2n) is 7.53. The van der Waals surface area contributed by atoms with Crippen LogP contribution in [0.1, 0.15) is 24.8 Å². The van der Waals surface area contributed by atoms with E-state index in [0.717, 1.165) is 36.1 Å². The number of aliphatic carboxylic acids is 1. The Morgan fingerprint density at radius 3 is 2.90 bits per heavy atom. The number of hydrogen-bond donors (Lipinski definition) is 1. The number of anilines is 1. The number of aryl methyl sites for hydroxylation is 1. The smallest absolute Gasteiger partial charge is 0.303 e. The van der Waals surface area contributed by atoms with Crippen molar-refractivity contribution in [3.63, 3.8) is 0 Å². The molecule has 2 heterocycles. The van der Waals surface area contributed by atoms with Crippen LogP contribution in [-0.2, 0) is 4.79 Å². The van der Waals surface area contributed by atoms with Crippen LogP contribution in [-0.4, -0.2) is 34.1 Å². The van der Waals surface area contributed by atoms with Crippen molar-refractivity contribution in [1.82, 2.24) is 9.97 Å². The van der Waals surface area contributed by atoms with E-state index in [4.69, 9.17) is 16.7 Å². The zero-order valence-electron chi connectivity index (χ0n) is 16.0. The molecule has 1 aliphatic heterocycles. The molecule has 1 aliphatic rings. The Balaban J connectivity index is 1.85. The standard InChI is InChI=1S/C22H21ClFN3O2/c1-13-4-5-15(10-17(13)23)16-6-7-18(24)21-20(16)22(26-12-25-21)27-8-2-3-14(11-27)9-19(28)29/h4-7,10,12,14H,2-3,8-9,11H2,1H3,(H,28,29)/t14-/m1/s1. The van der Waals surface area contributed by atoms with E-state index in [1.807, 2.05) is 25.1 Å². The van der Waals surface area contributed by atoms with Gasteiger partial charge in [-0.1, -0.05) is 29.8 Å². The first-order chi connectivity index (χ1) is 13.9. The molecule has 0 amide bonds. The molecule has 5 nitrogen and oxygen atoms in total. The number of carboxylic acid groups (broad SMARTS) is 1. The third-order valence-corrected chi connectivity index (χ3v) is 5.89. The normalized spacial score (nSPS) is 16.9. The summed E-state index contributed by atoms with van der Waals surface area (Å²) >= 11 is 6.33. The minimum Gasteiger partial charge on any atom is -0.481 e. The van der Waals surface area contributed by atoms with Gasteiger partial charge in [-0.15, -0.1) is 0 Å². The first-order valence-corrected chi connectivity index (χ1v) is 9.98. The number of aromatic nitrogens is 2. The van der Waals surface area contributed by atoms with E-state index < -0.39 is 11.8 Å². The van der Waals surface area contributed by atoms with E-state index in [9.17, 15) is 9.18 Å². The fourth-order valence-electron chi connectivity index (χ4n) is 4.04. The lowest BCUT2D eigenvalue weighted by Crippen LogP contribution is -2.37. The maximum absolute atomic E-state index is 14.6. The van der Waals surface area contributed by atoms with Gasteiger partial charge in [-0.05, 0) is 54.5 Å². The first kappa shape index (κ1) is 19.6. The Labute approximate surface area is 173 Å². The molecule has 0 radical (unpaired) electrons. The summed E-state index contributed by atoms with van der Waals surface area (Å²) in [5.41, 5.74) is 2.88. The molecule has 0 unspecified atom stereocenters. The van der Waals surface area contributed by atoms with Gasteiger partial charge < -0.3 is 10.0 Å². The highest BCUT2D eigenvalue weighted by molar-refractivity contribution is 6.31. The van der Waals surface area contributed by atoms with Crippen molar-refractivity contribution >= 4 is 34.3 Å². The summed E-state index contributed by atoms with van der Waals surface area (Å²) in [5.74, 6) is -0.538. The van der Waals surface area contributed by atoms with Gasteiger partial charge in [0.05, 0.1) is 5.39 Å². The third-order valence-electron chi connectivity index (χ3n) is 5.48. The van der Waals surface area contributed by atoms with Crippen molar-refractivity contribution in [2.45, 2.75) is 26.2 Å². The van der Waals surface area contributed by atoms with Crippen LogP contribution < -0.4 is 4.90 Å². The molecule has 1 aromatic heterocycles. The molecular formula is C22H21ClFN3O2. The van der Waals surface area contributed by atoms with Crippen LogP contribution in [0.25, 0.3) is 22.0 Å². The summed E-state index contributed by atoms with van der Waals surface area (Å²) in [5, 5.41) is 10.4. The average molecular weight is 414 g/mol. The lowest BCUT2D eigenvalue weighted by Gasteiger charge is -2.33. The molecule has 0 spiro atoms. The lowest BCUT2D eigenvalue weighted by atomic mass is 9.94. The van der Waals surface area contributed by atoms with Crippen molar-refractivity contribution in [2.24, 2.45) is 5.92 Å². The van der Waals surface area contributed by atoms with Crippen LogP contribution in [0.2, 0.25) is 5.02 Å². The van der Waals surface area contributed by atoms with Gasteiger partial charge in [-0.3, -0.25) is 4.79 Å². The summed E-state index contributed by atoms with van der Waals surface area (Å²) in [7, 11) is 0. The van der Waals surface area contributed by atoms with Crippen LogP contribution in [0.3, 0.4) is 0 Å². The molecule has 1 fully saturated rings. The SMILES string of the molecule is Cc1ccc(-c2ccc(F)c3ncnc(N4CCC[C@H](CC(=O)O)C4)c23)cc1Cl. The lowest BCUT2D eigenvalue weighted by molar-refractivity contribution is -0.138. The molecule has 0 aliphatic carbocycles. The Bertz CT molecular complexity index is 1090. The van der Waals surface area contributed by atoms with E-state index in [1.165, 1.54) is 12.4 Å². The minimum absolute atomic E-state index is 0.0390. The molecule has 1 saturated heterocycles. The summed E-state index contributed by atoms with van der Waals surface area (Å²) in [6.07, 6.45) is 3.22. The molecule has 2 aromatic carbocycles. The predicted molar refractivity (Wildman–Crippen MR) is 112 cm³/mol. The van der Waals surface area contributed by atoms with Crippen LogP contribution in [0, 0.1) is 18.7 Å². The Morgan fingerprint density at radius 2 is 2.14 bits per heavy atom. The molecule has 7 heteroatoms. The quantitative estimate of drug-likeness (QED) is 0.645. The van der Waals surface area contributed by atoms with Crippen LogP contribution in [0.4, 0.5) is 10.2 Å². The van der Waals surface area contributed by atoms with Gasteiger partial charge in [0.25, 0.3) is 0 Å². The van der Waals surface area contributed by atoms with Crippen LogP contribution >= 0.6 is 11.6 Å². The highest BCUT2D eigenvalue weighted by Crippen LogP contribution is 2.37. The number of rotatable bonds is 4. The number of carbonyl (C=O) groups is 1. The number of halogens is 2. The molecular weight excluding hydrogens is 393 g/mol. The van der Waals surface area contributed by atoms with Crippen molar-refractivity contribution < 1.29 is 14.3 Å². The maximum atomic E-state index is 14.6. The van der Waals surface area contributed by atoms with Gasteiger partial charge in [0, 0.05) is 24.5 Å². The fourth-order valence-corrected chi connectivity index (χ4v) is 4.22. The zero-order valence-corrected chi connectivity index (χ0v) is 16.8. The van der Waals surface area contributed by atoms with Crippen molar-refractivity contribution in [2.75, 3.05) is 18.0 Å². The minimum atomic E-state index is -0.801. The summed E-state index contributed by atoms with van der Waals surface area (Å²) in [6, 6.07) is 8.88. The predicted octanol–water partition coefficient (Wildman–Crippen LogP) is 5.09. The summed E-state index contributed by atoms with van der Waals surface area (Å²) in [6.45, 7) is 3.25. The number of hydrogen-bond acceptors (Lipinski definition) is 4. The topological polar surface area (TPSA) is 66.3 Å². The van der Waals surface area contributed by atoms with E-state index in [-0.39, 0.29) is 17.9 Å². The van der Waals surface area contributed by atoms with E-state index in [2.05, 4.69) is 14.9 Å². The molecule has 150 valence electrons. The molecule has 3 aromatic rings. The second-order valence-corrected chi connectivity index (χ2v) is 7.94. The van der Waals surface area contributed by atoms with Gasteiger partial charge in [0.1, 0.15) is 23.5 Å². The maximum Gasteiger partial charge on any atom is 0.303 e. The van der Waals surface area contributed by atoms with Gasteiger partial charge >= 0.3 is 5.97 Å². The van der Waals surface area contributed by atoms with Crippen molar-refractivity contribution in [3.8, 4) is 11.1 Å².